The molecule has 0 radical (unpaired) electrons. The van der Waals surface area contributed by atoms with E-state index >= 15 is 0 Å². The van der Waals surface area contributed by atoms with E-state index in [2.05, 4.69) is 15.6 Å². The second-order valence-electron chi connectivity index (χ2n) is 16.3. The van der Waals surface area contributed by atoms with Crippen molar-refractivity contribution >= 4 is 63.5 Å². The largest absolute Gasteiger partial charge is 0.479 e. The average molecular weight is 1040 g/mol. The van der Waals surface area contributed by atoms with Gasteiger partial charge in [0.2, 0.25) is 0 Å². The molecule has 394 valence electrons. The molecule has 6 heterocycles. The standard InChI is InChI=1S/C18H28N2O6S.C14H18N2O3S.C13H17NO5S.3CH4/c1-18(2)25-14(16(21)19-9-8-12-7-6-10-27-12)15(26-18)17(22)20(3)11-13(23-4)24-5;1-16-8-7-15-14(16)13(19)12(18)11(17)6-2-4-10-5-3-9-20-10;1-13(2)18-9(10(19-13)12(16)17)11(15)14-6-5-8-4-3-7-20-8;;;/h6-7,10,13-15H,8-9,11H2,1-5H3,(H,19,21);3,5,7-9,12-13,18-19H,2,4,6H2,1H3;3-4,7,9-10H,5-6H2,1-2H3,(H,14,15)(H,16,17);3*1H4/t14-,15-;12-,13+;9-,10-;;;/m101.../s1. The number of aromatic nitrogens is 2. The summed E-state index contributed by atoms with van der Waals surface area (Å²) in [5.74, 6) is -4.54. The quantitative estimate of drug-likeness (QED) is 0.0657. The fraction of sp³-hybridized carbons (Fsp3) is 0.583. The van der Waals surface area contributed by atoms with Gasteiger partial charge in [-0.05, 0) is 87.7 Å². The first-order valence-corrected chi connectivity index (χ1v) is 24.1. The Balaban J connectivity index is 0.000000522. The number of thiophene rings is 3. The number of aliphatic hydroxyl groups excluding tert-OH is 2. The Hall–Kier alpha value is -4.46. The van der Waals surface area contributed by atoms with Crippen LogP contribution in [0.1, 0.15) is 89.4 Å². The zero-order chi connectivity index (χ0) is 49.3. The van der Waals surface area contributed by atoms with Crippen molar-refractivity contribution in [2.45, 2.75) is 137 Å². The van der Waals surface area contributed by atoms with Crippen LogP contribution >= 0.6 is 34.0 Å². The van der Waals surface area contributed by atoms with Crippen LogP contribution in [0.15, 0.2) is 64.9 Å². The van der Waals surface area contributed by atoms with Crippen LogP contribution in [-0.4, -0.2) is 149 Å². The number of carbonyl (C=O) groups is 5. The van der Waals surface area contributed by atoms with Gasteiger partial charge >= 0.3 is 5.97 Å². The summed E-state index contributed by atoms with van der Waals surface area (Å²) in [7, 11) is 6.30. The van der Waals surface area contributed by atoms with Crippen LogP contribution in [-0.2, 0) is 78.7 Å². The number of hydrogen-bond donors (Lipinski definition) is 5. The van der Waals surface area contributed by atoms with Gasteiger partial charge in [-0.15, -0.1) is 34.0 Å². The van der Waals surface area contributed by atoms with Crippen molar-refractivity contribution < 1.29 is 67.7 Å². The van der Waals surface area contributed by atoms with Crippen molar-refractivity contribution in [2.75, 3.05) is 40.9 Å². The highest BCUT2D eigenvalue weighted by atomic mass is 32.1. The number of nitrogens with one attached hydrogen (secondary N) is 2. The zero-order valence-electron chi connectivity index (χ0n) is 38.9. The number of rotatable bonds is 21. The van der Waals surface area contributed by atoms with E-state index in [1.54, 1.807) is 86.6 Å². The van der Waals surface area contributed by atoms with Gasteiger partial charge in [0, 0.05) is 74.9 Å². The maximum Gasteiger partial charge on any atom is 0.336 e. The second-order valence-corrected chi connectivity index (χ2v) is 19.4. The van der Waals surface area contributed by atoms with Gasteiger partial charge in [-0.3, -0.25) is 19.2 Å². The van der Waals surface area contributed by atoms with Gasteiger partial charge in [-0.25, -0.2) is 9.78 Å². The minimum Gasteiger partial charge on any atom is -0.479 e. The molecular formula is C48H75N5O14S3. The average Bonchev–Trinajstić information content (AvgIpc) is 4.16. The summed E-state index contributed by atoms with van der Waals surface area (Å²) in [5.41, 5.74) is 0. The van der Waals surface area contributed by atoms with Crippen molar-refractivity contribution in [3.8, 4) is 0 Å². The van der Waals surface area contributed by atoms with Crippen LogP contribution in [0, 0.1) is 0 Å². The first kappa shape index (κ1) is 63.6. The molecule has 22 heteroatoms. The molecule has 4 aromatic rings. The van der Waals surface area contributed by atoms with E-state index in [1.165, 1.54) is 35.1 Å². The predicted molar refractivity (Wildman–Crippen MR) is 269 cm³/mol. The number of likely N-dealkylation sites (N-methyl/N-ethyl adjacent to an activating group) is 1. The Labute approximate surface area is 424 Å². The molecule has 5 N–H and O–H groups in total. The Morgan fingerprint density at radius 3 is 1.61 bits per heavy atom. The molecule has 0 unspecified atom stereocenters. The van der Waals surface area contributed by atoms with Crippen molar-refractivity contribution in [3.63, 3.8) is 0 Å². The molecule has 0 aromatic carbocycles. The smallest absolute Gasteiger partial charge is 0.336 e. The molecule has 70 heavy (non-hydrogen) atoms. The van der Waals surface area contributed by atoms with Crippen LogP contribution < -0.4 is 10.6 Å². The number of ether oxygens (including phenoxy) is 6. The summed E-state index contributed by atoms with van der Waals surface area (Å²) in [6.45, 7) is 7.64. The number of hydrogen-bond acceptors (Lipinski definition) is 17. The highest BCUT2D eigenvalue weighted by molar-refractivity contribution is 7.10. The van der Waals surface area contributed by atoms with Crippen molar-refractivity contribution in [1.82, 2.24) is 25.1 Å². The number of Topliss-reactive ketones (excluding diaryl/α,β-unsaturated/α-hetero) is 1. The fourth-order valence-corrected chi connectivity index (χ4v) is 8.96. The first-order valence-electron chi connectivity index (χ1n) is 21.5. The number of ketones is 1. The lowest BCUT2D eigenvalue weighted by molar-refractivity contribution is -0.166. The van der Waals surface area contributed by atoms with Crippen molar-refractivity contribution in [3.05, 3.63) is 85.4 Å². The van der Waals surface area contributed by atoms with Gasteiger partial charge in [0.05, 0.1) is 6.54 Å². The summed E-state index contributed by atoms with van der Waals surface area (Å²) in [6.07, 6.45) is -1.34. The second kappa shape index (κ2) is 30.4. The predicted octanol–water partition coefficient (Wildman–Crippen LogP) is 5.39. The molecule has 3 amide bonds. The number of carbonyl (C=O) groups excluding carboxylic acids is 4. The van der Waals surface area contributed by atoms with Crippen molar-refractivity contribution in [2.24, 2.45) is 7.05 Å². The van der Waals surface area contributed by atoms with Crippen LogP contribution in [0.3, 0.4) is 0 Å². The van der Waals surface area contributed by atoms with Gasteiger partial charge in [-0.2, -0.15) is 0 Å². The third-order valence-corrected chi connectivity index (χ3v) is 13.0. The van der Waals surface area contributed by atoms with Gasteiger partial charge in [0.25, 0.3) is 17.7 Å². The topological polar surface area (TPSA) is 247 Å². The maximum atomic E-state index is 12.8. The zero-order valence-corrected chi connectivity index (χ0v) is 41.4. The molecule has 2 aliphatic heterocycles. The summed E-state index contributed by atoms with van der Waals surface area (Å²) < 4.78 is 33.8. The minimum atomic E-state index is -1.42. The first-order chi connectivity index (χ1) is 31.8. The fourth-order valence-electron chi connectivity index (χ4n) is 6.79. The lowest BCUT2D eigenvalue weighted by Crippen LogP contribution is -2.50. The van der Waals surface area contributed by atoms with Gasteiger partial charge in [0.1, 0.15) is 18.0 Å². The van der Waals surface area contributed by atoms with E-state index in [0.717, 1.165) is 17.7 Å². The highest BCUT2D eigenvalue weighted by Gasteiger charge is 2.50. The van der Waals surface area contributed by atoms with Gasteiger partial charge in [-0.1, -0.05) is 40.5 Å². The molecule has 0 saturated carbocycles. The molecule has 0 spiro atoms. The van der Waals surface area contributed by atoms with Crippen molar-refractivity contribution in [1.29, 1.82) is 0 Å². The molecular weight excluding hydrogens is 967 g/mol. The summed E-state index contributed by atoms with van der Waals surface area (Å²) in [5, 5.41) is 40.4. The summed E-state index contributed by atoms with van der Waals surface area (Å²) in [6, 6.07) is 11.9. The van der Waals surface area contributed by atoms with Crippen LogP contribution in [0.4, 0.5) is 0 Å². The van der Waals surface area contributed by atoms with Crippen LogP contribution in [0.25, 0.3) is 0 Å². The van der Waals surface area contributed by atoms with Crippen LogP contribution in [0.2, 0.25) is 0 Å². The third kappa shape index (κ3) is 19.6. The van der Waals surface area contributed by atoms with E-state index in [4.69, 9.17) is 33.5 Å². The van der Waals surface area contributed by atoms with E-state index in [0.29, 0.717) is 31.8 Å². The number of carboxylic acids is 1. The molecule has 2 fully saturated rings. The Bertz CT molecular complexity index is 2130. The number of aryl methyl sites for hydroxylation is 2. The molecule has 0 bridgehead atoms. The number of aliphatic hydroxyl groups is 2. The Kier molecular flexibility index (Phi) is 27.6. The minimum absolute atomic E-state index is 0. The third-order valence-electron chi connectivity index (χ3n) is 10.2. The monoisotopic (exact) mass is 1040 g/mol. The number of methoxy groups -OCH3 is 2. The van der Waals surface area contributed by atoms with E-state index in [1.807, 2.05) is 52.5 Å². The summed E-state index contributed by atoms with van der Waals surface area (Å²) >= 11 is 4.90. The van der Waals surface area contributed by atoms with Gasteiger partial charge < -0.3 is 63.8 Å². The van der Waals surface area contributed by atoms with Gasteiger partial charge in [0.15, 0.2) is 48.1 Å². The number of imidazole rings is 1. The molecule has 4 aromatic heterocycles. The molecule has 2 aliphatic rings. The molecule has 6 atom stereocenters. The summed E-state index contributed by atoms with van der Waals surface area (Å²) in [4.78, 5) is 69.3. The molecule has 2 saturated heterocycles. The Morgan fingerprint density at radius 2 is 1.20 bits per heavy atom. The Morgan fingerprint density at radius 1 is 0.757 bits per heavy atom. The molecule has 6 rings (SSSR count). The van der Waals surface area contributed by atoms with E-state index in [9.17, 15) is 34.2 Å². The lowest BCUT2D eigenvalue weighted by atomic mass is 10.0. The number of carboxylic acid groups (broad SMARTS) is 1. The molecule has 0 aliphatic carbocycles. The SMILES string of the molecule is C.C.C.CC1(C)O[C@@H](C(=O)O)[C@H](C(=O)NCCc2cccs2)O1.COC(CN(C)C(=O)[C@@H]1OC(C)(C)O[C@H]1C(=O)NCCc1cccs1)OC.Cn1ccnc1[C@H](O)[C@@H](O)C(=O)CCCc1cccs1. The number of nitrogens with zero attached hydrogens (tertiary/aromatic N) is 3. The molecule has 19 nitrogen and oxygen atoms in total. The van der Waals surface area contributed by atoms with E-state index in [-0.39, 0.29) is 52.8 Å². The lowest BCUT2D eigenvalue weighted by Gasteiger charge is -2.25. The van der Waals surface area contributed by atoms with Crippen LogP contribution in [0.5, 0.6) is 0 Å². The number of aliphatic carboxylic acids is 1. The normalized spacial score (nSPS) is 19.3. The van der Waals surface area contributed by atoms with E-state index < -0.39 is 66.4 Å². The maximum absolute atomic E-state index is 12.8. The number of amides is 3. The highest BCUT2D eigenvalue weighted by Crippen LogP contribution is 2.30.